The van der Waals surface area contributed by atoms with Gasteiger partial charge in [-0.25, -0.2) is 0 Å². The molecular weight excluding hydrogens is 322 g/mol. The van der Waals surface area contributed by atoms with Gasteiger partial charge in [-0.1, -0.05) is 36.4 Å². The van der Waals surface area contributed by atoms with Gasteiger partial charge in [0.05, 0.1) is 18.3 Å². The Morgan fingerprint density at radius 2 is 2.00 bits per heavy atom. The summed E-state index contributed by atoms with van der Waals surface area (Å²) in [6.45, 7) is 0.289. The first kappa shape index (κ1) is 14.5. The van der Waals surface area contributed by atoms with E-state index in [0.717, 1.165) is 10.9 Å². The van der Waals surface area contributed by atoms with Crippen molar-refractivity contribution < 1.29 is 4.79 Å². The van der Waals surface area contributed by atoms with E-state index in [4.69, 9.17) is 0 Å². The Morgan fingerprint density at radius 3 is 2.83 bits per heavy atom. The lowest BCUT2D eigenvalue weighted by Gasteiger charge is -2.01. The van der Waals surface area contributed by atoms with Crippen LogP contribution in [-0.4, -0.2) is 26.1 Å². The Kier molecular flexibility index (Phi) is 3.76. The Hall–Kier alpha value is -3.06. The van der Waals surface area contributed by atoms with Crippen LogP contribution in [-0.2, 0) is 6.54 Å². The lowest BCUT2D eigenvalue weighted by atomic mass is 10.1. The van der Waals surface area contributed by atoms with Gasteiger partial charge < -0.3 is 10.3 Å². The predicted molar refractivity (Wildman–Crippen MR) is 92.6 cm³/mol. The van der Waals surface area contributed by atoms with Crippen LogP contribution in [0.1, 0.15) is 15.5 Å². The second kappa shape index (κ2) is 6.21. The first-order valence-corrected chi connectivity index (χ1v) is 8.25. The van der Waals surface area contributed by atoms with Gasteiger partial charge in [0.1, 0.15) is 10.7 Å². The highest BCUT2D eigenvalue weighted by atomic mass is 32.1. The molecule has 2 N–H and O–H groups in total. The van der Waals surface area contributed by atoms with E-state index in [2.05, 4.69) is 49.7 Å². The summed E-state index contributed by atoms with van der Waals surface area (Å²) in [6.07, 6.45) is 1.54. The SMILES string of the molecule is O=C(NCc1nnc(-c2ccc3ccccc3c2)[nH]1)c1cncs1. The maximum atomic E-state index is 11.9. The second-order valence-electron chi connectivity index (χ2n) is 5.23. The van der Waals surface area contributed by atoms with E-state index < -0.39 is 0 Å². The van der Waals surface area contributed by atoms with E-state index in [0.29, 0.717) is 16.5 Å². The molecule has 0 fully saturated rings. The van der Waals surface area contributed by atoms with E-state index >= 15 is 0 Å². The van der Waals surface area contributed by atoms with Gasteiger partial charge >= 0.3 is 0 Å². The molecule has 0 saturated heterocycles. The summed E-state index contributed by atoms with van der Waals surface area (Å²) in [5.41, 5.74) is 2.59. The zero-order chi connectivity index (χ0) is 16.4. The lowest BCUT2D eigenvalue weighted by molar-refractivity contribution is 0.0954. The predicted octanol–water partition coefficient (Wildman–Crippen LogP) is 3.01. The first-order chi connectivity index (χ1) is 11.8. The summed E-state index contributed by atoms with van der Waals surface area (Å²) in [5.74, 6) is 1.12. The van der Waals surface area contributed by atoms with Gasteiger partial charge in [0.15, 0.2) is 5.82 Å². The van der Waals surface area contributed by atoms with Crippen LogP contribution in [0.4, 0.5) is 0 Å². The Labute approximate surface area is 141 Å². The third kappa shape index (κ3) is 2.89. The minimum absolute atomic E-state index is 0.166. The monoisotopic (exact) mass is 335 g/mol. The van der Waals surface area contributed by atoms with Gasteiger partial charge in [-0.05, 0) is 16.8 Å². The number of amides is 1. The molecule has 0 spiro atoms. The van der Waals surface area contributed by atoms with E-state index in [1.54, 1.807) is 11.7 Å². The van der Waals surface area contributed by atoms with Crippen molar-refractivity contribution in [1.82, 2.24) is 25.5 Å². The third-order valence-corrected chi connectivity index (χ3v) is 4.40. The average Bonchev–Trinajstić information content (AvgIpc) is 3.31. The molecular formula is C17H13N5OS. The highest BCUT2D eigenvalue weighted by Crippen LogP contribution is 2.21. The number of hydrogen-bond donors (Lipinski definition) is 2. The van der Waals surface area contributed by atoms with Gasteiger partial charge in [-0.15, -0.1) is 21.5 Å². The number of thiazole rings is 1. The zero-order valence-electron chi connectivity index (χ0n) is 12.6. The van der Waals surface area contributed by atoms with E-state index in [-0.39, 0.29) is 12.5 Å². The number of carbonyl (C=O) groups is 1. The van der Waals surface area contributed by atoms with Crippen molar-refractivity contribution in [3.05, 3.63) is 64.9 Å². The van der Waals surface area contributed by atoms with Crippen molar-refractivity contribution in [1.29, 1.82) is 0 Å². The fourth-order valence-electron chi connectivity index (χ4n) is 2.42. The summed E-state index contributed by atoms with van der Waals surface area (Å²) in [6, 6.07) is 14.3. The van der Waals surface area contributed by atoms with Crippen LogP contribution >= 0.6 is 11.3 Å². The number of hydrogen-bond acceptors (Lipinski definition) is 5. The van der Waals surface area contributed by atoms with Crippen LogP contribution in [0.3, 0.4) is 0 Å². The molecule has 0 aliphatic rings. The summed E-state index contributed by atoms with van der Waals surface area (Å²) in [5, 5.41) is 13.4. The fraction of sp³-hybridized carbons (Fsp3) is 0.0588. The molecule has 0 saturated carbocycles. The number of fused-ring (bicyclic) bond motifs is 1. The molecule has 2 aromatic heterocycles. The van der Waals surface area contributed by atoms with Crippen LogP contribution in [0.5, 0.6) is 0 Å². The van der Waals surface area contributed by atoms with E-state index in [1.807, 2.05) is 18.2 Å². The maximum Gasteiger partial charge on any atom is 0.263 e. The summed E-state index contributed by atoms with van der Waals surface area (Å²) < 4.78 is 0. The standard InChI is InChI=1S/C17H13N5OS/c23-17(14-8-18-10-24-14)19-9-15-20-16(22-21-15)13-6-5-11-3-1-2-4-12(11)7-13/h1-8,10H,9H2,(H,19,23)(H,20,21,22). The van der Waals surface area contributed by atoms with Crippen molar-refractivity contribution in [3.63, 3.8) is 0 Å². The molecule has 2 aromatic carbocycles. The van der Waals surface area contributed by atoms with Gasteiger partial charge in [-0.2, -0.15) is 0 Å². The van der Waals surface area contributed by atoms with Crippen molar-refractivity contribution >= 4 is 28.0 Å². The quantitative estimate of drug-likeness (QED) is 0.600. The topological polar surface area (TPSA) is 83.6 Å². The van der Waals surface area contributed by atoms with Crippen LogP contribution in [0.2, 0.25) is 0 Å². The first-order valence-electron chi connectivity index (χ1n) is 7.37. The number of carbonyl (C=O) groups excluding carboxylic acids is 1. The summed E-state index contributed by atoms with van der Waals surface area (Å²) in [4.78, 5) is 19.5. The van der Waals surface area contributed by atoms with Gasteiger partial charge in [0.25, 0.3) is 5.91 Å². The zero-order valence-corrected chi connectivity index (χ0v) is 13.4. The molecule has 1 amide bonds. The van der Waals surface area contributed by atoms with E-state index in [1.165, 1.54) is 16.7 Å². The largest absolute Gasteiger partial charge is 0.344 e. The normalized spacial score (nSPS) is 10.8. The molecule has 24 heavy (non-hydrogen) atoms. The molecule has 0 aliphatic carbocycles. The minimum Gasteiger partial charge on any atom is -0.344 e. The molecule has 7 heteroatoms. The molecule has 0 atom stereocenters. The molecule has 0 bridgehead atoms. The fourth-order valence-corrected chi connectivity index (χ4v) is 2.96. The Morgan fingerprint density at radius 1 is 1.12 bits per heavy atom. The summed E-state index contributed by atoms with van der Waals surface area (Å²) in [7, 11) is 0. The smallest absolute Gasteiger partial charge is 0.263 e. The number of nitrogens with zero attached hydrogens (tertiary/aromatic N) is 3. The number of aromatic nitrogens is 4. The Balaban J connectivity index is 1.50. The molecule has 0 unspecified atom stereocenters. The maximum absolute atomic E-state index is 11.9. The van der Waals surface area contributed by atoms with Crippen molar-refractivity contribution in [2.24, 2.45) is 0 Å². The lowest BCUT2D eigenvalue weighted by Crippen LogP contribution is -2.22. The van der Waals surface area contributed by atoms with Crippen LogP contribution < -0.4 is 5.32 Å². The third-order valence-electron chi connectivity index (χ3n) is 3.63. The van der Waals surface area contributed by atoms with Gasteiger partial charge in [0, 0.05) is 5.56 Å². The van der Waals surface area contributed by atoms with Gasteiger partial charge in [-0.3, -0.25) is 9.78 Å². The number of H-pyrrole nitrogens is 1. The van der Waals surface area contributed by atoms with Crippen LogP contribution in [0, 0.1) is 0 Å². The number of benzene rings is 2. The molecule has 0 aliphatic heterocycles. The highest BCUT2D eigenvalue weighted by Gasteiger charge is 2.10. The number of nitrogens with one attached hydrogen (secondary N) is 2. The van der Waals surface area contributed by atoms with E-state index in [9.17, 15) is 4.79 Å². The Bertz CT molecular complexity index is 993. The molecule has 118 valence electrons. The van der Waals surface area contributed by atoms with Crippen LogP contribution in [0.25, 0.3) is 22.2 Å². The second-order valence-corrected chi connectivity index (χ2v) is 6.12. The average molecular weight is 335 g/mol. The van der Waals surface area contributed by atoms with Crippen molar-refractivity contribution in [3.8, 4) is 11.4 Å². The van der Waals surface area contributed by atoms with Crippen molar-refractivity contribution in [2.45, 2.75) is 6.54 Å². The number of rotatable bonds is 4. The highest BCUT2D eigenvalue weighted by molar-refractivity contribution is 7.11. The molecule has 0 radical (unpaired) electrons. The van der Waals surface area contributed by atoms with Crippen LogP contribution in [0.15, 0.2) is 54.2 Å². The van der Waals surface area contributed by atoms with Gasteiger partial charge in [0.2, 0.25) is 0 Å². The van der Waals surface area contributed by atoms with Crippen molar-refractivity contribution in [2.75, 3.05) is 0 Å². The summed E-state index contributed by atoms with van der Waals surface area (Å²) >= 11 is 1.30. The molecule has 4 aromatic rings. The molecule has 2 heterocycles. The molecule has 6 nitrogen and oxygen atoms in total. The minimum atomic E-state index is -0.166. The number of aromatic amines is 1. The molecule has 4 rings (SSSR count).